The van der Waals surface area contributed by atoms with Gasteiger partial charge in [-0.2, -0.15) is 13.2 Å². The van der Waals surface area contributed by atoms with Crippen LogP contribution in [0.25, 0.3) is 0 Å². The second kappa shape index (κ2) is 3.78. The molecule has 0 saturated heterocycles. The van der Waals surface area contributed by atoms with Crippen molar-refractivity contribution in [3.05, 3.63) is 0 Å². The van der Waals surface area contributed by atoms with Crippen LogP contribution in [0, 0.1) is 0 Å². The van der Waals surface area contributed by atoms with Gasteiger partial charge in [0.1, 0.15) is 0 Å². The highest BCUT2D eigenvalue weighted by molar-refractivity contribution is 4.65. The Labute approximate surface area is 57.0 Å². The van der Waals surface area contributed by atoms with Gasteiger partial charge in [0.15, 0.2) is 6.10 Å². The third-order valence-electron chi connectivity index (χ3n) is 1.05. The van der Waals surface area contributed by atoms with Crippen LogP contribution in [0.4, 0.5) is 13.2 Å². The molecule has 0 amide bonds. The van der Waals surface area contributed by atoms with E-state index in [1.165, 1.54) is 7.05 Å². The Morgan fingerprint density at radius 1 is 1.50 bits per heavy atom. The second-order valence-electron chi connectivity index (χ2n) is 1.95. The molecule has 0 aromatic heterocycles. The number of hydrogen-bond acceptors (Lipinski definition) is 2. The van der Waals surface area contributed by atoms with Gasteiger partial charge < -0.3 is 10.4 Å². The zero-order valence-electron chi connectivity index (χ0n) is 5.57. The Bertz CT molecular complexity index is 93.4. The molecule has 0 fully saturated rings. The van der Waals surface area contributed by atoms with Gasteiger partial charge in [-0.05, 0) is 20.0 Å². The molecule has 0 unspecified atom stereocenters. The van der Waals surface area contributed by atoms with Crippen molar-refractivity contribution in [2.75, 3.05) is 13.6 Å². The van der Waals surface area contributed by atoms with Crippen molar-refractivity contribution in [2.45, 2.75) is 18.7 Å². The van der Waals surface area contributed by atoms with Gasteiger partial charge in [0.2, 0.25) is 0 Å². The molecule has 0 rings (SSSR count). The average Bonchev–Trinajstić information content (AvgIpc) is 1.80. The summed E-state index contributed by atoms with van der Waals surface area (Å²) in [5.41, 5.74) is 0. The SMILES string of the molecule is CNCC[C@@H](O)C(F)(F)F. The molecule has 1 atom stereocenters. The molecular weight excluding hydrogens is 147 g/mol. The quantitative estimate of drug-likeness (QED) is 0.626. The zero-order chi connectivity index (χ0) is 8.20. The Kier molecular flexibility index (Phi) is 3.67. The van der Waals surface area contributed by atoms with Crippen LogP contribution in [0.5, 0.6) is 0 Å². The van der Waals surface area contributed by atoms with E-state index in [9.17, 15) is 13.2 Å². The van der Waals surface area contributed by atoms with Gasteiger partial charge in [-0.1, -0.05) is 0 Å². The lowest BCUT2D eigenvalue weighted by Crippen LogP contribution is -2.31. The first kappa shape index (κ1) is 9.71. The molecule has 0 aliphatic carbocycles. The number of aliphatic hydroxyl groups excluding tert-OH is 1. The highest BCUT2D eigenvalue weighted by Gasteiger charge is 2.37. The molecule has 0 heterocycles. The summed E-state index contributed by atoms with van der Waals surface area (Å²) < 4.78 is 34.5. The van der Waals surface area contributed by atoms with E-state index in [0.29, 0.717) is 0 Å². The van der Waals surface area contributed by atoms with Gasteiger partial charge in [0.25, 0.3) is 0 Å². The van der Waals surface area contributed by atoms with Gasteiger partial charge in [-0.25, -0.2) is 0 Å². The highest BCUT2D eigenvalue weighted by Crippen LogP contribution is 2.21. The summed E-state index contributed by atoms with van der Waals surface area (Å²) in [4.78, 5) is 0. The normalized spacial score (nSPS) is 15.3. The minimum Gasteiger partial charge on any atom is -0.384 e. The van der Waals surface area contributed by atoms with Crippen LogP contribution in [0.15, 0.2) is 0 Å². The molecule has 0 saturated carbocycles. The van der Waals surface area contributed by atoms with E-state index in [2.05, 4.69) is 5.32 Å². The van der Waals surface area contributed by atoms with E-state index < -0.39 is 12.3 Å². The summed E-state index contributed by atoms with van der Waals surface area (Å²) in [6.07, 6.45) is -6.96. The van der Waals surface area contributed by atoms with Crippen molar-refractivity contribution in [1.82, 2.24) is 5.32 Å². The molecule has 2 nitrogen and oxygen atoms in total. The highest BCUT2D eigenvalue weighted by atomic mass is 19.4. The number of hydrogen-bond donors (Lipinski definition) is 2. The Hall–Kier alpha value is -0.290. The van der Waals surface area contributed by atoms with Crippen LogP contribution in [-0.2, 0) is 0 Å². The van der Waals surface area contributed by atoms with Gasteiger partial charge in [-0.3, -0.25) is 0 Å². The predicted octanol–water partition coefficient (Wildman–Crippen LogP) is 0.519. The van der Waals surface area contributed by atoms with Gasteiger partial charge >= 0.3 is 6.18 Å². The maximum atomic E-state index is 11.5. The first-order valence-electron chi connectivity index (χ1n) is 2.88. The van der Waals surface area contributed by atoms with Crippen LogP contribution in [0.1, 0.15) is 6.42 Å². The van der Waals surface area contributed by atoms with Gasteiger partial charge in [0, 0.05) is 0 Å². The number of rotatable bonds is 3. The lowest BCUT2D eigenvalue weighted by Gasteiger charge is -2.13. The Morgan fingerprint density at radius 2 is 2.00 bits per heavy atom. The van der Waals surface area contributed by atoms with Crippen molar-refractivity contribution in [2.24, 2.45) is 0 Å². The predicted molar refractivity (Wildman–Crippen MR) is 30.6 cm³/mol. The fourth-order valence-electron chi connectivity index (χ4n) is 0.445. The third kappa shape index (κ3) is 3.68. The Morgan fingerprint density at radius 3 is 2.30 bits per heavy atom. The first-order valence-corrected chi connectivity index (χ1v) is 2.88. The molecule has 0 spiro atoms. The standard InChI is InChI=1S/C5H10F3NO/c1-9-3-2-4(10)5(6,7)8/h4,9-10H,2-3H2,1H3/t4-/m1/s1. The molecular formula is C5H10F3NO. The molecule has 2 N–H and O–H groups in total. The number of halogens is 3. The van der Waals surface area contributed by atoms with E-state index in [-0.39, 0.29) is 13.0 Å². The van der Waals surface area contributed by atoms with E-state index in [1.54, 1.807) is 0 Å². The largest absolute Gasteiger partial charge is 0.414 e. The lowest BCUT2D eigenvalue weighted by molar-refractivity contribution is -0.204. The zero-order valence-corrected chi connectivity index (χ0v) is 5.57. The summed E-state index contributed by atoms with van der Waals surface area (Å²) in [6, 6.07) is 0. The maximum Gasteiger partial charge on any atom is 0.414 e. The fraction of sp³-hybridized carbons (Fsp3) is 1.00. The maximum absolute atomic E-state index is 11.5. The van der Waals surface area contributed by atoms with Crippen molar-refractivity contribution in [3.63, 3.8) is 0 Å². The van der Waals surface area contributed by atoms with E-state index in [1.807, 2.05) is 0 Å². The molecule has 0 radical (unpaired) electrons. The van der Waals surface area contributed by atoms with Crippen molar-refractivity contribution < 1.29 is 18.3 Å². The van der Waals surface area contributed by atoms with Crippen LogP contribution >= 0.6 is 0 Å². The van der Waals surface area contributed by atoms with Crippen molar-refractivity contribution in [1.29, 1.82) is 0 Å². The van der Waals surface area contributed by atoms with Crippen LogP contribution in [0.2, 0.25) is 0 Å². The van der Waals surface area contributed by atoms with Crippen LogP contribution in [0.3, 0.4) is 0 Å². The van der Waals surface area contributed by atoms with E-state index >= 15 is 0 Å². The third-order valence-corrected chi connectivity index (χ3v) is 1.05. The minimum atomic E-state index is -4.48. The lowest BCUT2D eigenvalue weighted by atomic mass is 10.2. The van der Waals surface area contributed by atoms with Crippen LogP contribution in [-0.4, -0.2) is 31.0 Å². The Balaban J connectivity index is 3.52. The topological polar surface area (TPSA) is 32.3 Å². The van der Waals surface area contributed by atoms with Crippen molar-refractivity contribution in [3.8, 4) is 0 Å². The van der Waals surface area contributed by atoms with Gasteiger partial charge in [0.05, 0.1) is 0 Å². The monoisotopic (exact) mass is 157 g/mol. The van der Waals surface area contributed by atoms with Crippen LogP contribution < -0.4 is 5.32 Å². The first-order chi connectivity index (χ1) is 4.48. The summed E-state index contributed by atoms with van der Waals surface area (Å²) in [7, 11) is 1.53. The van der Waals surface area contributed by atoms with Crippen molar-refractivity contribution >= 4 is 0 Å². The fourth-order valence-corrected chi connectivity index (χ4v) is 0.445. The van der Waals surface area contributed by atoms with Gasteiger partial charge in [-0.15, -0.1) is 0 Å². The molecule has 0 aromatic rings. The number of nitrogens with one attached hydrogen (secondary N) is 1. The molecule has 0 aromatic carbocycles. The number of aliphatic hydroxyl groups is 1. The van der Waals surface area contributed by atoms with E-state index in [4.69, 9.17) is 5.11 Å². The summed E-state index contributed by atoms with van der Waals surface area (Å²) >= 11 is 0. The number of alkyl halides is 3. The van der Waals surface area contributed by atoms with E-state index in [0.717, 1.165) is 0 Å². The molecule has 0 bridgehead atoms. The molecule has 10 heavy (non-hydrogen) atoms. The molecule has 62 valence electrons. The summed E-state index contributed by atoms with van der Waals surface area (Å²) in [5.74, 6) is 0. The second-order valence-corrected chi connectivity index (χ2v) is 1.95. The summed E-state index contributed by atoms with van der Waals surface area (Å²) in [5, 5.41) is 10.9. The smallest absolute Gasteiger partial charge is 0.384 e. The molecule has 0 aliphatic rings. The average molecular weight is 157 g/mol. The summed E-state index contributed by atoms with van der Waals surface area (Å²) in [6.45, 7) is 0.167. The molecule has 0 aliphatic heterocycles. The minimum absolute atomic E-state index is 0.167. The molecule has 5 heteroatoms.